The molecule has 3 aliphatic rings. The van der Waals surface area contributed by atoms with Crippen LogP contribution < -0.4 is 15.4 Å². The number of carbonyl (C=O) groups is 3. The van der Waals surface area contributed by atoms with Crippen molar-refractivity contribution >= 4 is 29.1 Å². The highest BCUT2D eigenvalue weighted by Gasteiger charge is 2.79. The van der Waals surface area contributed by atoms with E-state index in [4.69, 9.17) is 9.47 Å². The highest BCUT2D eigenvalue weighted by Crippen LogP contribution is 2.65. The fourth-order valence-electron chi connectivity index (χ4n) is 7.75. The van der Waals surface area contributed by atoms with Gasteiger partial charge in [-0.1, -0.05) is 45.4 Å². The molecule has 3 fully saturated rings. The summed E-state index contributed by atoms with van der Waals surface area (Å²) >= 11 is 0. The number of amides is 3. The molecule has 2 bridgehead atoms. The van der Waals surface area contributed by atoms with E-state index in [9.17, 15) is 19.5 Å². The SMILES string of the molecule is CCOc1ccc(NC(=O)[C@H]2[C@H]3C(=O)N([C@@H](CO)[C@@H](C)CC)C(C(=O)Nc4c(C)cccc4C)C34CC[C@]2(CC)O4)cc1. The summed E-state index contributed by atoms with van der Waals surface area (Å²) in [6, 6.07) is 11.4. The molecule has 0 aromatic heterocycles. The van der Waals surface area contributed by atoms with E-state index in [-0.39, 0.29) is 30.2 Å². The maximum absolute atomic E-state index is 14.6. The van der Waals surface area contributed by atoms with E-state index in [1.807, 2.05) is 59.7 Å². The number of fused-ring (bicyclic) bond motifs is 1. The first-order chi connectivity index (χ1) is 20.6. The van der Waals surface area contributed by atoms with Crippen molar-refractivity contribution in [2.45, 2.75) is 90.5 Å². The molecule has 2 unspecified atom stereocenters. The van der Waals surface area contributed by atoms with E-state index in [2.05, 4.69) is 10.6 Å². The number of aryl methyl sites for hydroxylation is 2. The van der Waals surface area contributed by atoms with Crippen LogP contribution in [0.3, 0.4) is 0 Å². The molecular weight excluding hydrogens is 546 g/mol. The predicted octanol–water partition coefficient (Wildman–Crippen LogP) is 4.84. The minimum atomic E-state index is -1.19. The molecule has 0 radical (unpaired) electrons. The molecule has 1 spiro atoms. The number of hydrogen-bond acceptors (Lipinski definition) is 6. The first kappa shape index (κ1) is 31.0. The zero-order valence-electron chi connectivity index (χ0n) is 26.1. The Kier molecular flexibility index (Phi) is 8.60. The van der Waals surface area contributed by atoms with Crippen LogP contribution in [0.2, 0.25) is 0 Å². The highest BCUT2D eigenvalue weighted by atomic mass is 16.5. The summed E-state index contributed by atoms with van der Waals surface area (Å²) in [6.07, 6.45) is 2.27. The molecule has 43 heavy (non-hydrogen) atoms. The number of aliphatic hydroxyl groups excluding tert-OH is 1. The third kappa shape index (κ3) is 5.00. The molecule has 7 atom stereocenters. The molecule has 2 aromatic rings. The van der Waals surface area contributed by atoms with Crippen molar-refractivity contribution in [2.75, 3.05) is 23.8 Å². The number of aliphatic hydroxyl groups is 1. The van der Waals surface area contributed by atoms with Gasteiger partial charge in [0.2, 0.25) is 17.7 Å². The number of para-hydroxylation sites is 1. The van der Waals surface area contributed by atoms with Gasteiger partial charge in [0.15, 0.2) is 0 Å². The minimum Gasteiger partial charge on any atom is -0.494 e. The third-order valence-corrected chi connectivity index (χ3v) is 10.2. The first-order valence-corrected chi connectivity index (χ1v) is 15.6. The number of nitrogens with zero attached hydrogens (tertiary/aromatic N) is 1. The van der Waals surface area contributed by atoms with E-state index in [0.29, 0.717) is 49.4 Å². The Labute approximate surface area is 254 Å². The van der Waals surface area contributed by atoms with Crippen molar-refractivity contribution in [2.24, 2.45) is 17.8 Å². The summed E-state index contributed by atoms with van der Waals surface area (Å²) < 4.78 is 12.4. The van der Waals surface area contributed by atoms with E-state index in [1.54, 1.807) is 29.2 Å². The lowest BCUT2D eigenvalue weighted by Gasteiger charge is -2.39. The molecule has 2 aromatic carbocycles. The lowest BCUT2D eigenvalue weighted by Crippen LogP contribution is -2.57. The van der Waals surface area contributed by atoms with Crippen molar-refractivity contribution in [1.29, 1.82) is 0 Å². The first-order valence-electron chi connectivity index (χ1n) is 15.6. The van der Waals surface area contributed by atoms with E-state index < -0.39 is 35.1 Å². The molecule has 232 valence electrons. The minimum absolute atomic E-state index is 0.0758. The van der Waals surface area contributed by atoms with Gasteiger partial charge < -0.3 is 30.1 Å². The highest BCUT2D eigenvalue weighted by molar-refractivity contribution is 6.05. The maximum atomic E-state index is 14.6. The Morgan fingerprint density at radius 3 is 2.30 bits per heavy atom. The largest absolute Gasteiger partial charge is 0.494 e. The van der Waals surface area contributed by atoms with E-state index in [1.165, 1.54) is 0 Å². The predicted molar refractivity (Wildman–Crippen MR) is 165 cm³/mol. The summed E-state index contributed by atoms with van der Waals surface area (Å²) in [7, 11) is 0. The zero-order valence-corrected chi connectivity index (χ0v) is 26.1. The van der Waals surface area contributed by atoms with Gasteiger partial charge in [-0.05, 0) is 81.3 Å². The van der Waals surface area contributed by atoms with Crippen LogP contribution in [0.15, 0.2) is 42.5 Å². The van der Waals surface area contributed by atoms with Gasteiger partial charge in [0.25, 0.3) is 0 Å². The van der Waals surface area contributed by atoms with Gasteiger partial charge in [0.05, 0.1) is 36.7 Å². The quantitative estimate of drug-likeness (QED) is 0.344. The fraction of sp³-hybridized carbons (Fsp3) is 0.559. The topological polar surface area (TPSA) is 117 Å². The molecular formula is C34H45N3O6. The Hall–Kier alpha value is -3.43. The summed E-state index contributed by atoms with van der Waals surface area (Å²) in [4.78, 5) is 44.7. The van der Waals surface area contributed by atoms with Crippen LogP contribution in [-0.4, -0.2) is 64.2 Å². The standard InChI is InChI=1S/C34H45N3O6/c1-7-20(4)25(19-38)37-29(31(40)36-28-21(5)11-10-12-22(28)6)34-18-17-33(8-2,43-34)26(27(34)32(37)41)30(39)35-23-13-15-24(16-14-23)42-9-3/h10-16,20,25-27,29,38H,7-9,17-19H2,1-6H3,(H,35,39)(H,36,40)/t20-,25-,26+,27-,29?,33-,34?/m0/s1. The molecule has 3 N–H and O–H groups in total. The summed E-state index contributed by atoms with van der Waals surface area (Å²) in [5.41, 5.74) is 1.06. The van der Waals surface area contributed by atoms with Gasteiger partial charge in [-0.3, -0.25) is 14.4 Å². The van der Waals surface area contributed by atoms with Crippen LogP contribution >= 0.6 is 0 Å². The smallest absolute Gasteiger partial charge is 0.250 e. The van der Waals surface area contributed by atoms with Crippen molar-refractivity contribution < 1.29 is 29.0 Å². The Bertz CT molecular complexity index is 1360. The monoisotopic (exact) mass is 591 g/mol. The number of anilines is 2. The zero-order chi connectivity index (χ0) is 31.1. The van der Waals surface area contributed by atoms with Crippen molar-refractivity contribution in [3.05, 3.63) is 53.6 Å². The Morgan fingerprint density at radius 2 is 1.72 bits per heavy atom. The number of hydrogen-bond donors (Lipinski definition) is 3. The van der Waals surface area contributed by atoms with Gasteiger partial charge in [-0.15, -0.1) is 0 Å². The fourth-order valence-corrected chi connectivity index (χ4v) is 7.75. The maximum Gasteiger partial charge on any atom is 0.250 e. The van der Waals surface area contributed by atoms with Crippen LogP contribution in [0.5, 0.6) is 5.75 Å². The number of nitrogens with one attached hydrogen (secondary N) is 2. The number of likely N-dealkylation sites (tertiary alicyclic amines) is 1. The average molecular weight is 592 g/mol. The molecule has 3 aliphatic heterocycles. The van der Waals surface area contributed by atoms with Gasteiger partial charge in [-0.2, -0.15) is 0 Å². The van der Waals surface area contributed by atoms with Gasteiger partial charge >= 0.3 is 0 Å². The molecule has 0 saturated carbocycles. The molecule has 5 rings (SSSR count). The van der Waals surface area contributed by atoms with Crippen molar-refractivity contribution in [3.63, 3.8) is 0 Å². The van der Waals surface area contributed by atoms with E-state index in [0.717, 1.165) is 11.1 Å². The average Bonchev–Trinajstić information content (AvgIpc) is 3.60. The van der Waals surface area contributed by atoms with Gasteiger partial charge in [0.1, 0.15) is 17.4 Å². The second-order valence-corrected chi connectivity index (χ2v) is 12.4. The summed E-state index contributed by atoms with van der Waals surface area (Å²) in [6.45, 7) is 12.0. The summed E-state index contributed by atoms with van der Waals surface area (Å²) in [5, 5.41) is 16.7. The van der Waals surface area contributed by atoms with Crippen LogP contribution in [0, 0.1) is 31.6 Å². The number of carbonyl (C=O) groups excluding carboxylic acids is 3. The second-order valence-electron chi connectivity index (χ2n) is 12.4. The molecule has 3 saturated heterocycles. The number of benzene rings is 2. The van der Waals surface area contributed by atoms with Crippen LogP contribution in [-0.2, 0) is 19.1 Å². The van der Waals surface area contributed by atoms with Crippen LogP contribution in [0.4, 0.5) is 11.4 Å². The van der Waals surface area contributed by atoms with Crippen molar-refractivity contribution in [1.82, 2.24) is 4.90 Å². The lowest BCUT2D eigenvalue weighted by molar-refractivity contribution is -0.149. The van der Waals surface area contributed by atoms with Gasteiger partial charge in [-0.25, -0.2) is 0 Å². The molecule has 9 heteroatoms. The Morgan fingerprint density at radius 1 is 1.05 bits per heavy atom. The molecule has 0 aliphatic carbocycles. The normalized spacial score (nSPS) is 28.9. The Balaban J connectivity index is 1.56. The second kappa shape index (κ2) is 11.9. The number of rotatable bonds is 11. The van der Waals surface area contributed by atoms with Crippen molar-refractivity contribution in [3.8, 4) is 5.75 Å². The molecule has 3 heterocycles. The van der Waals surface area contributed by atoms with E-state index >= 15 is 0 Å². The lowest BCUT2D eigenvalue weighted by atomic mass is 9.65. The van der Waals surface area contributed by atoms with Crippen LogP contribution in [0.1, 0.15) is 64.5 Å². The molecule has 9 nitrogen and oxygen atoms in total. The summed E-state index contributed by atoms with van der Waals surface area (Å²) in [5.74, 6) is -1.97. The number of ether oxygens (including phenoxy) is 2. The third-order valence-electron chi connectivity index (χ3n) is 10.2. The van der Waals surface area contributed by atoms with Gasteiger partial charge in [0, 0.05) is 11.4 Å². The molecule has 3 amide bonds. The van der Waals surface area contributed by atoms with Crippen LogP contribution in [0.25, 0.3) is 0 Å².